The van der Waals surface area contributed by atoms with Gasteiger partial charge in [0.2, 0.25) is 17.6 Å². The van der Waals surface area contributed by atoms with Crippen molar-refractivity contribution in [2.45, 2.75) is 26.1 Å². The van der Waals surface area contributed by atoms with Crippen LogP contribution in [0.2, 0.25) is 0 Å². The SMILES string of the molecule is C[C@@H]1CN(c2nc(N)c([N+](=O)[O-])c(N3CCN(C)CC3)n2)C[C@@H](C)O1. The van der Waals surface area contributed by atoms with Crippen molar-refractivity contribution in [1.29, 1.82) is 0 Å². The van der Waals surface area contributed by atoms with Crippen LogP contribution >= 0.6 is 0 Å². The van der Waals surface area contributed by atoms with Gasteiger partial charge in [0.05, 0.1) is 17.1 Å². The first-order valence-electron chi connectivity index (χ1n) is 8.51. The Kier molecular flexibility index (Phi) is 4.91. The molecule has 1 aromatic rings. The second-order valence-corrected chi connectivity index (χ2v) is 6.79. The molecule has 138 valence electrons. The number of morpholine rings is 1. The lowest BCUT2D eigenvalue weighted by molar-refractivity contribution is -0.383. The maximum Gasteiger partial charge on any atom is 0.353 e. The summed E-state index contributed by atoms with van der Waals surface area (Å²) in [6.45, 7) is 8.21. The van der Waals surface area contributed by atoms with Gasteiger partial charge in [-0.2, -0.15) is 9.97 Å². The predicted octanol–water partition coefficient (Wildman–Crippen LogP) is 0.332. The molecule has 0 aliphatic carbocycles. The van der Waals surface area contributed by atoms with Gasteiger partial charge in [-0.15, -0.1) is 0 Å². The molecule has 3 rings (SSSR count). The number of likely N-dealkylation sites (N-methyl/N-ethyl adjacent to an activating group) is 1. The molecule has 0 saturated carbocycles. The van der Waals surface area contributed by atoms with Crippen LogP contribution in [0.4, 0.5) is 23.3 Å². The molecule has 10 nitrogen and oxygen atoms in total. The van der Waals surface area contributed by atoms with E-state index in [1.54, 1.807) is 0 Å². The lowest BCUT2D eigenvalue weighted by atomic mass is 10.2. The third-order valence-corrected chi connectivity index (χ3v) is 4.57. The van der Waals surface area contributed by atoms with Crippen LogP contribution in [0.3, 0.4) is 0 Å². The largest absolute Gasteiger partial charge is 0.378 e. The van der Waals surface area contributed by atoms with Crippen LogP contribution in [0.1, 0.15) is 13.8 Å². The van der Waals surface area contributed by atoms with Gasteiger partial charge in [-0.3, -0.25) is 10.1 Å². The molecule has 2 atom stereocenters. The van der Waals surface area contributed by atoms with Crippen LogP contribution in [-0.4, -0.2) is 78.3 Å². The molecule has 3 heterocycles. The number of hydrogen-bond acceptors (Lipinski definition) is 9. The number of hydrogen-bond donors (Lipinski definition) is 1. The van der Waals surface area contributed by atoms with Crippen molar-refractivity contribution in [2.75, 3.05) is 61.8 Å². The molecule has 2 fully saturated rings. The van der Waals surface area contributed by atoms with E-state index in [2.05, 4.69) is 14.9 Å². The predicted molar refractivity (Wildman–Crippen MR) is 95.0 cm³/mol. The highest BCUT2D eigenvalue weighted by molar-refractivity contribution is 5.71. The lowest BCUT2D eigenvalue weighted by Crippen LogP contribution is -2.47. The highest BCUT2D eigenvalue weighted by Gasteiger charge is 2.32. The van der Waals surface area contributed by atoms with Crippen LogP contribution in [0.5, 0.6) is 0 Å². The minimum Gasteiger partial charge on any atom is -0.378 e. The zero-order valence-corrected chi connectivity index (χ0v) is 14.9. The van der Waals surface area contributed by atoms with E-state index in [9.17, 15) is 10.1 Å². The smallest absolute Gasteiger partial charge is 0.353 e. The number of nitrogens with two attached hydrogens (primary N) is 1. The third kappa shape index (κ3) is 3.74. The highest BCUT2D eigenvalue weighted by atomic mass is 16.6. The van der Waals surface area contributed by atoms with Crippen LogP contribution in [0, 0.1) is 10.1 Å². The minimum absolute atomic E-state index is 0.0378. The average Bonchev–Trinajstić information content (AvgIpc) is 2.53. The van der Waals surface area contributed by atoms with E-state index in [1.165, 1.54) is 0 Å². The molecule has 0 aromatic carbocycles. The molecule has 10 heteroatoms. The van der Waals surface area contributed by atoms with Crippen molar-refractivity contribution in [1.82, 2.24) is 14.9 Å². The van der Waals surface area contributed by atoms with Gasteiger partial charge in [-0.05, 0) is 20.9 Å². The highest BCUT2D eigenvalue weighted by Crippen LogP contribution is 2.34. The molecule has 0 unspecified atom stereocenters. The molecule has 2 aliphatic heterocycles. The summed E-state index contributed by atoms with van der Waals surface area (Å²) < 4.78 is 5.74. The molecular weight excluding hydrogens is 326 g/mol. The van der Waals surface area contributed by atoms with Crippen LogP contribution < -0.4 is 15.5 Å². The molecule has 2 aliphatic rings. The van der Waals surface area contributed by atoms with E-state index >= 15 is 0 Å². The minimum atomic E-state index is -0.489. The second-order valence-electron chi connectivity index (χ2n) is 6.79. The Morgan fingerprint density at radius 2 is 1.72 bits per heavy atom. The number of nitrogen functional groups attached to an aromatic ring is 1. The van der Waals surface area contributed by atoms with E-state index in [0.29, 0.717) is 37.9 Å². The summed E-state index contributed by atoms with van der Waals surface area (Å²) in [4.78, 5) is 25.9. The summed E-state index contributed by atoms with van der Waals surface area (Å²) in [5.41, 5.74) is 5.74. The van der Waals surface area contributed by atoms with Crippen LogP contribution in [0.15, 0.2) is 0 Å². The average molecular weight is 351 g/mol. The molecule has 0 spiro atoms. The van der Waals surface area contributed by atoms with Gasteiger partial charge in [0, 0.05) is 39.3 Å². The van der Waals surface area contributed by atoms with Gasteiger partial charge < -0.3 is 25.2 Å². The number of ether oxygens (including phenoxy) is 1. The lowest BCUT2D eigenvalue weighted by Gasteiger charge is -2.36. The van der Waals surface area contributed by atoms with Crippen molar-refractivity contribution in [3.05, 3.63) is 10.1 Å². The quantitative estimate of drug-likeness (QED) is 0.608. The molecule has 1 aromatic heterocycles. The van der Waals surface area contributed by atoms with Gasteiger partial charge in [-0.1, -0.05) is 0 Å². The molecule has 2 N–H and O–H groups in total. The molecule has 0 amide bonds. The first-order valence-corrected chi connectivity index (χ1v) is 8.51. The van der Waals surface area contributed by atoms with Crippen molar-refractivity contribution in [3.63, 3.8) is 0 Å². The van der Waals surface area contributed by atoms with Crippen molar-refractivity contribution >= 4 is 23.3 Å². The standard InChI is InChI=1S/C15H25N7O3/c1-10-8-21(9-11(2)25-10)15-17-13(16)12(22(23)24)14(18-15)20-6-4-19(3)5-7-20/h10-11H,4-9H2,1-3H3,(H2,16,17,18)/t10-,11-/m1/s1. The number of nitrogens with zero attached hydrogens (tertiary/aromatic N) is 6. The Morgan fingerprint density at radius 1 is 1.12 bits per heavy atom. The summed E-state index contributed by atoms with van der Waals surface area (Å²) in [5, 5.41) is 11.5. The van der Waals surface area contributed by atoms with Gasteiger partial charge >= 0.3 is 5.69 Å². The van der Waals surface area contributed by atoms with Gasteiger partial charge in [0.15, 0.2) is 0 Å². The molecule has 0 radical (unpaired) electrons. The van der Waals surface area contributed by atoms with Gasteiger partial charge in [-0.25, -0.2) is 0 Å². The maximum atomic E-state index is 11.5. The van der Waals surface area contributed by atoms with E-state index in [1.807, 2.05) is 30.7 Å². The number of aromatic nitrogens is 2. The first-order chi connectivity index (χ1) is 11.8. The Morgan fingerprint density at radius 3 is 2.28 bits per heavy atom. The van der Waals surface area contributed by atoms with E-state index in [-0.39, 0.29) is 23.7 Å². The van der Waals surface area contributed by atoms with E-state index in [4.69, 9.17) is 10.5 Å². The summed E-state index contributed by atoms with van der Waals surface area (Å²) >= 11 is 0. The van der Waals surface area contributed by atoms with Crippen molar-refractivity contribution < 1.29 is 9.66 Å². The van der Waals surface area contributed by atoms with Crippen LogP contribution in [0.25, 0.3) is 0 Å². The molecule has 0 bridgehead atoms. The molecular formula is C15H25N7O3. The Labute approximate surface area is 146 Å². The monoisotopic (exact) mass is 351 g/mol. The number of anilines is 3. The summed E-state index contributed by atoms with van der Waals surface area (Å²) in [6.07, 6.45) is 0.0757. The van der Waals surface area contributed by atoms with Gasteiger partial charge in [0.25, 0.3) is 0 Å². The normalized spacial score (nSPS) is 25.2. The molecule has 25 heavy (non-hydrogen) atoms. The van der Waals surface area contributed by atoms with Crippen molar-refractivity contribution in [2.24, 2.45) is 0 Å². The fraction of sp³-hybridized carbons (Fsp3) is 0.733. The van der Waals surface area contributed by atoms with E-state index in [0.717, 1.165) is 13.1 Å². The number of nitro groups is 1. The van der Waals surface area contributed by atoms with Crippen molar-refractivity contribution in [3.8, 4) is 0 Å². The van der Waals surface area contributed by atoms with E-state index < -0.39 is 4.92 Å². The Balaban J connectivity index is 1.97. The maximum absolute atomic E-state index is 11.5. The zero-order valence-electron chi connectivity index (χ0n) is 14.9. The summed E-state index contributed by atoms with van der Waals surface area (Å²) in [6, 6.07) is 0. The second kappa shape index (κ2) is 6.96. The van der Waals surface area contributed by atoms with Crippen LogP contribution in [-0.2, 0) is 4.74 Å². The van der Waals surface area contributed by atoms with Gasteiger partial charge in [0.1, 0.15) is 0 Å². The Bertz CT molecular complexity index is 638. The third-order valence-electron chi connectivity index (χ3n) is 4.57. The fourth-order valence-corrected chi connectivity index (χ4v) is 3.34. The number of rotatable bonds is 3. The zero-order chi connectivity index (χ0) is 18.1. The summed E-state index contributed by atoms with van der Waals surface area (Å²) in [7, 11) is 2.03. The number of piperazine rings is 1. The fourth-order valence-electron chi connectivity index (χ4n) is 3.34. The Hall–Kier alpha value is -2.20. The topological polar surface area (TPSA) is 114 Å². The molecule has 2 saturated heterocycles. The summed E-state index contributed by atoms with van der Waals surface area (Å²) in [5.74, 6) is 0.655. The first kappa shape index (κ1) is 17.6.